The van der Waals surface area contributed by atoms with Crippen LogP contribution >= 0.6 is 22.7 Å². The molecule has 22 heavy (non-hydrogen) atoms. The molecule has 3 heterocycles. The van der Waals surface area contributed by atoms with Gasteiger partial charge in [-0.25, -0.2) is 9.78 Å². The number of aromatic nitrogens is 2. The first-order valence-corrected chi connectivity index (χ1v) is 7.99. The molecule has 108 valence electrons. The lowest BCUT2D eigenvalue weighted by molar-refractivity contribution is 0.0702. The van der Waals surface area contributed by atoms with E-state index in [1.165, 1.54) is 22.7 Å². The standard InChI is InChI=1S/C15H8N2O3S2/c18-14(19)12-6-8-3-4-9(7-11(8)21-12)20-15-17-13-10(22-15)2-1-5-16-13/h1-7H,(H,18,19). The molecule has 0 atom stereocenters. The Bertz CT molecular complexity index is 973. The van der Waals surface area contributed by atoms with E-state index in [0.29, 0.717) is 21.5 Å². The van der Waals surface area contributed by atoms with Gasteiger partial charge >= 0.3 is 5.97 Å². The first-order valence-electron chi connectivity index (χ1n) is 6.35. The number of rotatable bonds is 3. The minimum absolute atomic E-state index is 0.316. The second-order valence-electron chi connectivity index (χ2n) is 4.52. The molecule has 0 bridgehead atoms. The van der Waals surface area contributed by atoms with E-state index in [9.17, 15) is 4.79 Å². The molecule has 3 aromatic heterocycles. The van der Waals surface area contributed by atoms with Crippen molar-refractivity contribution in [2.45, 2.75) is 0 Å². The molecule has 0 spiro atoms. The number of carboxylic acid groups (broad SMARTS) is 1. The van der Waals surface area contributed by atoms with Crippen LogP contribution < -0.4 is 4.74 Å². The number of fused-ring (bicyclic) bond motifs is 2. The van der Waals surface area contributed by atoms with Gasteiger partial charge in [0.05, 0.1) is 4.70 Å². The molecule has 1 N–H and O–H groups in total. The van der Waals surface area contributed by atoms with Gasteiger partial charge in [0.25, 0.3) is 5.19 Å². The predicted octanol–water partition coefficient (Wildman–Crippen LogP) is 4.40. The van der Waals surface area contributed by atoms with E-state index >= 15 is 0 Å². The molecule has 0 amide bonds. The molecule has 0 saturated carbocycles. The highest BCUT2D eigenvalue weighted by Gasteiger charge is 2.11. The Kier molecular flexibility index (Phi) is 3.02. The average molecular weight is 328 g/mol. The number of benzene rings is 1. The smallest absolute Gasteiger partial charge is 0.345 e. The molecule has 4 rings (SSSR count). The highest BCUT2D eigenvalue weighted by molar-refractivity contribution is 7.21. The zero-order valence-corrected chi connectivity index (χ0v) is 12.6. The summed E-state index contributed by atoms with van der Waals surface area (Å²) in [6, 6.07) is 10.9. The minimum Gasteiger partial charge on any atom is -0.477 e. The first-order chi connectivity index (χ1) is 10.7. The largest absolute Gasteiger partial charge is 0.477 e. The van der Waals surface area contributed by atoms with Crippen LogP contribution in [0.25, 0.3) is 20.4 Å². The molecule has 7 heteroatoms. The van der Waals surface area contributed by atoms with Crippen molar-refractivity contribution in [3.05, 3.63) is 47.5 Å². The number of aromatic carboxylic acids is 1. The van der Waals surface area contributed by atoms with E-state index in [2.05, 4.69) is 9.97 Å². The second-order valence-corrected chi connectivity index (χ2v) is 6.60. The normalized spacial score (nSPS) is 11.1. The molecular weight excluding hydrogens is 320 g/mol. The van der Waals surface area contributed by atoms with Gasteiger partial charge in [-0.2, -0.15) is 4.98 Å². The van der Waals surface area contributed by atoms with Crippen LogP contribution in [0.15, 0.2) is 42.6 Å². The van der Waals surface area contributed by atoms with Gasteiger partial charge < -0.3 is 9.84 Å². The van der Waals surface area contributed by atoms with Gasteiger partial charge in [-0.1, -0.05) is 11.3 Å². The maximum atomic E-state index is 11.0. The summed E-state index contributed by atoms with van der Waals surface area (Å²) in [6.45, 7) is 0. The summed E-state index contributed by atoms with van der Waals surface area (Å²) in [7, 11) is 0. The zero-order valence-electron chi connectivity index (χ0n) is 11.0. The van der Waals surface area contributed by atoms with Gasteiger partial charge in [-0.15, -0.1) is 11.3 Å². The second kappa shape index (κ2) is 5.04. The van der Waals surface area contributed by atoms with Crippen LogP contribution in [-0.4, -0.2) is 21.0 Å². The molecule has 0 unspecified atom stereocenters. The number of nitrogens with zero attached hydrogens (tertiary/aromatic N) is 2. The van der Waals surface area contributed by atoms with E-state index in [-0.39, 0.29) is 0 Å². The van der Waals surface area contributed by atoms with Crippen LogP contribution in [0.4, 0.5) is 0 Å². The van der Waals surface area contributed by atoms with Gasteiger partial charge in [0.2, 0.25) is 0 Å². The maximum absolute atomic E-state index is 11.0. The average Bonchev–Trinajstić information content (AvgIpc) is 3.09. The fourth-order valence-electron chi connectivity index (χ4n) is 2.07. The number of pyridine rings is 1. The summed E-state index contributed by atoms with van der Waals surface area (Å²) in [5.74, 6) is -0.286. The molecular formula is C15H8N2O3S2. The van der Waals surface area contributed by atoms with Crippen molar-refractivity contribution in [2.75, 3.05) is 0 Å². The van der Waals surface area contributed by atoms with Crippen LogP contribution in [0.3, 0.4) is 0 Å². The van der Waals surface area contributed by atoms with Crippen molar-refractivity contribution in [1.29, 1.82) is 0 Å². The lowest BCUT2D eigenvalue weighted by atomic mass is 10.2. The lowest BCUT2D eigenvalue weighted by Gasteiger charge is -2.00. The van der Waals surface area contributed by atoms with Gasteiger partial charge in [-0.3, -0.25) is 0 Å². The third kappa shape index (κ3) is 2.30. The van der Waals surface area contributed by atoms with Crippen molar-refractivity contribution < 1.29 is 14.6 Å². The molecule has 0 aliphatic carbocycles. The van der Waals surface area contributed by atoms with Crippen LogP contribution in [0.2, 0.25) is 0 Å². The van der Waals surface area contributed by atoms with Crippen molar-refractivity contribution in [2.24, 2.45) is 0 Å². The number of hydrogen-bond acceptors (Lipinski definition) is 6. The Balaban J connectivity index is 1.69. The maximum Gasteiger partial charge on any atom is 0.345 e. The molecule has 0 fully saturated rings. The summed E-state index contributed by atoms with van der Waals surface area (Å²) >= 11 is 2.65. The Labute approximate surface area is 132 Å². The Morgan fingerprint density at radius 3 is 2.86 bits per heavy atom. The molecule has 0 saturated heterocycles. The quantitative estimate of drug-likeness (QED) is 0.603. The van der Waals surface area contributed by atoms with Crippen LogP contribution in [-0.2, 0) is 0 Å². The zero-order chi connectivity index (χ0) is 15.1. The van der Waals surface area contributed by atoms with E-state index < -0.39 is 5.97 Å². The third-order valence-corrected chi connectivity index (χ3v) is 5.03. The number of thiophene rings is 1. The molecule has 0 aliphatic heterocycles. The fourth-order valence-corrected chi connectivity index (χ4v) is 3.80. The van der Waals surface area contributed by atoms with Crippen LogP contribution in [0.1, 0.15) is 9.67 Å². The molecule has 0 radical (unpaired) electrons. The van der Waals surface area contributed by atoms with Crippen LogP contribution in [0, 0.1) is 0 Å². The summed E-state index contributed by atoms with van der Waals surface area (Å²) in [5.41, 5.74) is 0.660. The highest BCUT2D eigenvalue weighted by atomic mass is 32.1. The van der Waals surface area contributed by atoms with Crippen molar-refractivity contribution in [3.8, 4) is 10.9 Å². The molecule has 1 aromatic carbocycles. The summed E-state index contributed by atoms with van der Waals surface area (Å²) in [6.07, 6.45) is 1.69. The SMILES string of the molecule is O=C(O)c1cc2ccc(Oc3nc4ncccc4s3)cc2s1. The summed E-state index contributed by atoms with van der Waals surface area (Å²) < 4.78 is 7.60. The summed E-state index contributed by atoms with van der Waals surface area (Å²) in [4.78, 5) is 19.8. The van der Waals surface area contributed by atoms with Crippen molar-refractivity contribution in [1.82, 2.24) is 9.97 Å². The minimum atomic E-state index is -0.916. The topological polar surface area (TPSA) is 72.3 Å². The predicted molar refractivity (Wildman–Crippen MR) is 86.3 cm³/mol. The third-order valence-electron chi connectivity index (χ3n) is 3.05. The van der Waals surface area contributed by atoms with E-state index in [4.69, 9.17) is 9.84 Å². The number of carbonyl (C=O) groups is 1. The van der Waals surface area contributed by atoms with Gasteiger partial charge in [0.15, 0.2) is 5.65 Å². The molecule has 4 aromatic rings. The van der Waals surface area contributed by atoms with Crippen molar-refractivity contribution >= 4 is 49.1 Å². The number of carboxylic acids is 1. The number of ether oxygens (including phenoxy) is 1. The molecule has 0 aliphatic rings. The van der Waals surface area contributed by atoms with E-state index in [0.717, 1.165) is 14.8 Å². The number of hydrogen-bond donors (Lipinski definition) is 1. The monoisotopic (exact) mass is 328 g/mol. The first kappa shape index (κ1) is 13.2. The molecule has 5 nitrogen and oxygen atoms in total. The Morgan fingerprint density at radius 2 is 2.05 bits per heavy atom. The summed E-state index contributed by atoms with van der Waals surface area (Å²) in [5, 5.41) is 10.4. The number of thiazole rings is 1. The van der Waals surface area contributed by atoms with Crippen LogP contribution in [0.5, 0.6) is 10.9 Å². The lowest BCUT2D eigenvalue weighted by Crippen LogP contribution is -1.89. The van der Waals surface area contributed by atoms with Gasteiger partial charge in [-0.05, 0) is 41.8 Å². The van der Waals surface area contributed by atoms with Gasteiger partial charge in [0.1, 0.15) is 10.6 Å². The highest BCUT2D eigenvalue weighted by Crippen LogP contribution is 2.34. The van der Waals surface area contributed by atoms with E-state index in [1.807, 2.05) is 24.3 Å². The van der Waals surface area contributed by atoms with E-state index in [1.54, 1.807) is 18.3 Å². The van der Waals surface area contributed by atoms with Gasteiger partial charge in [0, 0.05) is 10.9 Å². The fraction of sp³-hybridized carbons (Fsp3) is 0. The van der Waals surface area contributed by atoms with Crippen molar-refractivity contribution in [3.63, 3.8) is 0 Å². The Hall–Kier alpha value is -2.51. The Morgan fingerprint density at radius 1 is 1.14 bits per heavy atom.